The molecular weight excluding hydrogens is 644 g/mol. The third-order valence-electron chi connectivity index (χ3n) is 4.72. The van der Waals surface area contributed by atoms with E-state index >= 15 is 0 Å². The van der Waals surface area contributed by atoms with Crippen LogP contribution in [0.4, 0.5) is 67.6 Å². The van der Waals surface area contributed by atoms with Crippen molar-refractivity contribution in [3.63, 3.8) is 0 Å². The highest BCUT2D eigenvalue weighted by molar-refractivity contribution is 7.90. The van der Waals surface area contributed by atoms with Crippen LogP contribution in [0.25, 0.3) is 0 Å². The van der Waals surface area contributed by atoms with Crippen LogP contribution >= 0.6 is 23.2 Å². The van der Waals surface area contributed by atoms with Gasteiger partial charge in [0.1, 0.15) is 0 Å². The summed E-state index contributed by atoms with van der Waals surface area (Å²) in [6.07, 6.45) is -8.34. The zero-order valence-corrected chi connectivity index (χ0v) is 20.9. The van der Waals surface area contributed by atoms with Gasteiger partial charge in [0.15, 0.2) is 0 Å². The minimum atomic E-state index is -8.25. The Morgan fingerprint density at radius 3 is 1.77 bits per heavy atom. The number of carbonyl (C=O) groups excluding carboxylic acids is 1. The number of nitrogens with one attached hydrogen (secondary N) is 2. The van der Waals surface area contributed by atoms with Gasteiger partial charge in [-0.3, -0.25) is 0 Å². The molecular formula is C17H14Cl2F13N3O3S. The zero-order valence-electron chi connectivity index (χ0n) is 18.6. The summed E-state index contributed by atoms with van der Waals surface area (Å²) in [7, 11) is -6.09. The fourth-order valence-electron chi connectivity index (χ4n) is 2.43. The lowest BCUT2D eigenvalue weighted by molar-refractivity contribution is -0.433. The Morgan fingerprint density at radius 2 is 1.31 bits per heavy atom. The molecule has 0 fully saturated rings. The van der Waals surface area contributed by atoms with Crippen molar-refractivity contribution < 1.29 is 70.3 Å². The maximum absolute atomic E-state index is 13.9. The lowest BCUT2D eigenvalue weighted by Gasteiger charge is -2.39. The molecule has 2 N–H and O–H groups in total. The predicted octanol–water partition coefficient (Wildman–Crippen LogP) is 6.46. The van der Waals surface area contributed by atoms with Gasteiger partial charge in [0.25, 0.3) is 10.0 Å². The number of sulfonamides is 1. The lowest BCUT2D eigenvalue weighted by atomic mass is 9.98. The van der Waals surface area contributed by atoms with E-state index in [0.717, 1.165) is 11.9 Å². The normalized spacial score (nSPS) is 14.4. The van der Waals surface area contributed by atoms with Gasteiger partial charge in [-0.05, 0) is 24.6 Å². The molecule has 0 aliphatic rings. The second-order valence-electron chi connectivity index (χ2n) is 7.54. The SMILES string of the molecule is CN(CCCNS(=O)(=O)C(F)(F)C(F)(F)C(F)(F)C(F)(F)C(F)(F)C(F)(F)F)C(=O)Nc1ccc(Cl)c(Cl)c1. The van der Waals surface area contributed by atoms with Crippen LogP contribution in [-0.4, -0.2) is 74.6 Å². The zero-order chi connectivity index (χ0) is 31.0. The van der Waals surface area contributed by atoms with E-state index in [9.17, 15) is 70.3 Å². The van der Waals surface area contributed by atoms with Crippen LogP contribution in [0.3, 0.4) is 0 Å². The number of benzene rings is 1. The molecule has 0 aromatic heterocycles. The fraction of sp³-hybridized carbons (Fsp3) is 0.588. The molecule has 22 heteroatoms. The molecule has 226 valence electrons. The van der Waals surface area contributed by atoms with Crippen LogP contribution < -0.4 is 10.0 Å². The Hall–Kier alpha value is -1.93. The maximum Gasteiger partial charge on any atom is 0.460 e. The summed E-state index contributed by atoms with van der Waals surface area (Å²) < 4.78 is 194. The summed E-state index contributed by atoms with van der Waals surface area (Å²) in [6, 6.07) is 2.85. The summed E-state index contributed by atoms with van der Waals surface area (Å²) in [5.74, 6) is -32.5. The van der Waals surface area contributed by atoms with Gasteiger partial charge < -0.3 is 10.2 Å². The van der Waals surface area contributed by atoms with Crippen molar-refractivity contribution >= 4 is 44.9 Å². The number of nitrogens with zero attached hydrogens (tertiary/aromatic N) is 1. The van der Waals surface area contributed by atoms with Crippen molar-refractivity contribution in [1.82, 2.24) is 9.62 Å². The van der Waals surface area contributed by atoms with E-state index in [0.29, 0.717) is 4.72 Å². The molecule has 0 bridgehead atoms. The summed E-state index contributed by atoms with van der Waals surface area (Å²) in [6.45, 7) is -1.90. The molecule has 0 heterocycles. The van der Waals surface area contributed by atoms with E-state index in [2.05, 4.69) is 5.32 Å². The van der Waals surface area contributed by atoms with Gasteiger partial charge in [-0.1, -0.05) is 23.2 Å². The summed E-state index contributed by atoms with van der Waals surface area (Å²) in [4.78, 5) is 12.8. The van der Waals surface area contributed by atoms with Crippen LogP contribution in [0.1, 0.15) is 6.42 Å². The first-order chi connectivity index (χ1) is 17.2. The number of amides is 2. The number of halogens is 15. The number of anilines is 1. The summed E-state index contributed by atoms with van der Waals surface area (Å²) >= 11 is 11.4. The third-order valence-corrected chi connectivity index (χ3v) is 6.98. The van der Waals surface area contributed by atoms with E-state index in [4.69, 9.17) is 23.2 Å². The number of alkyl halides is 13. The van der Waals surface area contributed by atoms with Crippen molar-refractivity contribution in [2.75, 3.05) is 25.5 Å². The number of hydrogen-bond acceptors (Lipinski definition) is 3. The van der Waals surface area contributed by atoms with Gasteiger partial charge in [-0.15, -0.1) is 0 Å². The van der Waals surface area contributed by atoms with E-state index in [1.807, 2.05) is 0 Å². The van der Waals surface area contributed by atoms with Crippen LogP contribution in [-0.2, 0) is 10.0 Å². The Morgan fingerprint density at radius 1 is 0.821 bits per heavy atom. The van der Waals surface area contributed by atoms with Gasteiger partial charge >= 0.3 is 41.2 Å². The van der Waals surface area contributed by atoms with Gasteiger partial charge in [-0.2, -0.15) is 57.1 Å². The van der Waals surface area contributed by atoms with Crippen LogP contribution in [0.15, 0.2) is 18.2 Å². The predicted molar refractivity (Wildman–Crippen MR) is 110 cm³/mol. The number of carbonyl (C=O) groups is 1. The van der Waals surface area contributed by atoms with E-state index in [1.165, 1.54) is 18.2 Å². The molecule has 0 aliphatic heterocycles. The Labute approximate surface area is 220 Å². The Balaban J connectivity index is 2.97. The molecule has 0 spiro atoms. The largest absolute Gasteiger partial charge is 0.460 e. The molecule has 0 unspecified atom stereocenters. The third kappa shape index (κ3) is 6.37. The quantitative estimate of drug-likeness (QED) is 0.212. The van der Waals surface area contributed by atoms with Crippen molar-refractivity contribution in [3.05, 3.63) is 28.2 Å². The average Bonchev–Trinajstić information content (AvgIpc) is 2.77. The minimum absolute atomic E-state index is 0.0229. The van der Waals surface area contributed by atoms with E-state index in [-0.39, 0.29) is 15.7 Å². The van der Waals surface area contributed by atoms with Crippen LogP contribution in [0.5, 0.6) is 0 Å². The number of hydrogen-bond donors (Lipinski definition) is 2. The first-order valence-electron chi connectivity index (χ1n) is 9.61. The van der Waals surface area contributed by atoms with E-state index in [1.54, 1.807) is 0 Å². The van der Waals surface area contributed by atoms with Gasteiger partial charge in [0.2, 0.25) is 0 Å². The smallest absolute Gasteiger partial charge is 0.328 e. The van der Waals surface area contributed by atoms with Crippen LogP contribution in [0, 0.1) is 0 Å². The number of rotatable bonds is 11. The molecule has 1 aromatic rings. The van der Waals surface area contributed by atoms with Crippen molar-refractivity contribution in [2.45, 2.75) is 41.5 Å². The maximum atomic E-state index is 13.9. The molecule has 0 atom stereocenters. The van der Waals surface area contributed by atoms with E-state index < -0.39 is 70.7 Å². The lowest BCUT2D eigenvalue weighted by Crippen LogP contribution is -2.71. The molecule has 0 saturated heterocycles. The summed E-state index contributed by atoms with van der Waals surface area (Å²) in [5.41, 5.74) is 0.0951. The Kier molecular flexibility index (Phi) is 10.0. The number of urea groups is 1. The van der Waals surface area contributed by atoms with Gasteiger partial charge in [0.05, 0.1) is 10.0 Å². The molecule has 2 amide bonds. The van der Waals surface area contributed by atoms with Crippen molar-refractivity contribution in [1.29, 1.82) is 0 Å². The first-order valence-corrected chi connectivity index (χ1v) is 11.8. The molecule has 0 radical (unpaired) electrons. The molecule has 1 rings (SSSR count). The summed E-state index contributed by atoms with van der Waals surface area (Å²) in [5, 5.41) is -4.95. The fourth-order valence-corrected chi connectivity index (χ4v) is 3.79. The molecule has 1 aromatic carbocycles. The molecule has 0 saturated carbocycles. The second kappa shape index (κ2) is 11.2. The minimum Gasteiger partial charge on any atom is -0.328 e. The molecule has 39 heavy (non-hydrogen) atoms. The highest BCUT2D eigenvalue weighted by Gasteiger charge is 2.92. The standard InChI is InChI=1S/C17H14Cl2F13N3O3S/c1-35(11(36)34-8-3-4-9(18)10(19)7-8)6-2-5-33-39(37,38)17(31,32)15(26,27)13(22,23)12(20,21)14(24,25)16(28,29)30/h3-4,7,33H,2,5-6H2,1H3,(H,34,36). The average molecular weight is 658 g/mol. The second-order valence-corrected chi connectivity index (χ2v) is 10.2. The Bertz CT molecular complexity index is 1160. The topological polar surface area (TPSA) is 78.5 Å². The van der Waals surface area contributed by atoms with Gasteiger partial charge in [-0.25, -0.2) is 17.9 Å². The monoisotopic (exact) mass is 657 g/mol. The van der Waals surface area contributed by atoms with Crippen molar-refractivity contribution in [3.8, 4) is 0 Å². The highest BCUT2D eigenvalue weighted by Crippen LogP contribution is 2.60. The van der Waals surface area contributed by atoms with Crippen LogP contribution in [0.2, 0.25) is 10.0 Å². The molecule has 0 aliphatic carbocycles. The van der Waals surface area contributed by atoms with Gasteiger partial charge in [0, 0.05) is 25.8 Å². The first kappa shape index (κ1) is 35.1. The molecule has 6 nitrogen and oxygen atoms in total. The highest BCUT2D eigenvalue weighted by atomic mass is 35.5. The van der Waals surface area contributed by atoms with Crippen molar-refractivity contribution in [2.24, 2.45) is 0 Å².